The molecule has 0 fully saturated rings. The Labute approximate surface area is 424 Å². The van der Waals surface area contributed by atoms with E-state index in [2.05, 4.69) is 256 Å². The first-order valence-corrected chi connectivity index (χ1v) is 26.1. The molecule has 0 radical (unpaired) electrons. The number of anilines is 9. The Morgan fingerprint density at radius 1 is 0.493 bits per heavy atom. The maximum absolute atomic E-state index is 7.42. The summed E-state index contributed by atoms with van der Waals surface area (Å²) in [6.45, 7) is 27.2. The van der Waals surface area contributed by atoms with Crippen LogP contribution in [0.3, 0.4) is 0 Å². The van der Waals surface area contributed by atoms with Crippen molar-refractivity contribution in [1.29, 1.82) is 0 Å². The van der Waals surface area contributed by atoms with E-state index < -0.39 is 0 Å². The lowest BCUT2D eigenvalue weighted by molar-refractivity contribution is 0.590. The summed E-state index contributed by atoms with van der Waals surface area (Å²) in [7, 11) is 0. The quantitative estimate of drug-likeness (QED) is 0.160. The molecular weight excluding hydrogens is 882 g/mol. The second kappa shape index (κ2) is 16.0. The summed E-state index contributed by atoms with van der Waals surface area (Å²) in [5, 5.41) is 3.48. The van der Waals surface area contributed by atoms with Gasteiger partial charge in [-0.3, -0.25) is 0 Å². The van der Waals surface area contributed by atoms with E-state index in [-0.39, 0.29) is 23.0 Å². The Bertz CT molecular complexity index is 3680. The SMILES string of the molecule is Cc1ccc(N(c2ccc(C)cc2)c2cc3c(c4oc5ccccc5c24)N(c2ccc(C(C)(C)C)cc2)c2cc(C)cc4c2B3c2sc3ccc(C(C)(C)C)cc3c2N4c2ccc(C(C)(C)C)cc2)cc1. The minimum absolute atomic E-state index is 0.00424. The van der Waals surface area contributed by atoms with Crippen LogP contribution in [-0.4, -0.2) is 6.71 Å². The molecule has 4 heterocycles. The second-order valence-electron chi connectivity index (χ2n) is 23.3. The standard InChI is InChI=1S/C65H62BN3OS/c1-39-17-26-45(27-18-39)67(46-28-19-40(2)20-29-46)52-38-51-60(61-57(52)49-15-13-14-16-55(49)70-61)69(48-32-23-43(24-33-48)64(7,8)9)54-36-41(3)35-53-58(54)66(51)62-59(50-37-44(65(10,11)12)25-34-56(50)71-62)68(53)47-30-21-42(22-31-47)63(4,5)6/h13-38H,1-12H3. The van der Waals surface area contributed by atoms with Gasteiger partial charge in [0.25, 0.3) is 6.71 Å². The van der Waals surface area contributed by atoms with Crippen molar-refractivity contribution in [2.24, 2.45) is 0 Å². The van der Waals surface area contributed by atoms with Crippen LogP contribution >= 0.6 is 11.3 Å². The zero-order valence-corrected chi connectivity index (χ0v) is 44.1. The highest BCUT2D eigenvalue weighted by molar-refractivity contribution is 7.33. The summed E-state index contributed by atoms with van der Waals surface area (Å²) < 4.78 is 10.1. The van der Waals surface area contributed by atoms with Gasteiger partial charge in [0.2, 0.25) is 0 Å². The maximum atomic E-state index is 7.42. The van der Waals surface area contributed by atoms with Crippen LogP contribution in [0.25, 0.3) is 32.0 Å². The number of rotatable bonds is 5. The largest absolute Gasteiger partial charge is 0.454 e. The van der Waals surface area contributed by atoms with Crippen molar-refractivity contribution in [3.8, 4) is 0 Å². The summed E-state index contributed by atoms with van der Waals surface area (Å²) in [4.78, 5) is 7.61. The first-order chi connectivity index (χ1) is 33.8. The topological polar surface area (TPSA) is 22.9 Å². The lowest BCUT2D eigenvalue weighted by Gasteiger charge is -2.44. The minimum atomic E-state index is -0.120. The molecule has 0 saturated carbocycles. The molecule has 0 N–H and O–H groups in total. The number of hydrogen-bond acceptors (Lipinski definition) is 5. The third-order valence-corrected chi connectivity index (χ3v) is 16.3. The van der Waals surface area contributed by atoms with Crippen LogP contribution in [0.5, 0.6) is 0 Å². The van der Waals surface area contributed by atoms with Gasteiger partial charge in [0.1, 0.15) is 5.58 Å². The number of hydrogen-bond donors (Lipinski definition) is 0. The molecule has 0 unspecified atom stereocenters. The van der Waals surface area contributed by atoms with E-state index in [1.807, 2.05) is 11.3 Å². The third-order valence-electron chi connectivity index (χ3n) is 15.1. The normalized spacial score (nSPS) is 13.5. The van der Waals surface area contributed by atoms with E-state index >= 15 is 0 Å². The van der Waals surface area contributed by atoms with Gasteiger partial charge >= 0.3 is 0 Å². The Kier molecular flexibility index (Phi) is 10.2. The van der Waals surface area contributed by atoms with E-state index in [0.717, 1.165) is 56.1 Å². The molecular formula is C65H62BN3OS. The molecule has 0 amide bonds. The number of nitrogens with zero attached hydrogens (tertiary/aromatic N) is 3. The maximum Gasteiger partial charge on any atom is 0.264 e. The van der Waals surface area contributed by atoms with E-state index in [0.29, 0.717) is 0 Å². The first-order valence-electron chi connectivity index (χ1n) is 25.3. The van der Waals surface area contributed by atoms with Crippen molar-refractivity contribution in [2.75, 3.05) is 14.7 Å². The second-order valence-corrected chi connectivity index (χ2v) is 24.4. The van der Waals surface area contributed by atoms with Crippen molar-refractivity contribution >= 4 is 117 Å². The van der Waals surface area contributed by atoms with Gasteiger partial charge in [-0.05, 0) is 155 Å². The van der Waals surface area contributed by atoms with Crippen molar-refractivity contribution in [3.63, 3.8) is 0 Å². The van der Waals surface area contributed by atoms with E-state index in [4.69, 9.17) is 4.42 Å². The smallest absolute Gasteiger partial charge is 0.264 e. The summed E-state index contributed by atoms with van der Waals surface area (Å²) in [6, 6.07) is 59.9. The number of para-hydroxylation sites is 1. The Hall–Kier alpha value is -7.02. The van der Waals surface area contributed by atoms with Crippen molar-refractivity contribution in [3.05, 3.63) is 191 Å². The van der Waals surface area contributed by atoms with Gasteiger partial charge in [0.15, 0.2) is 5.58 Å². The third kappa shape index (κ3) is 7.31. The molecule has 352 valence electrons. The molecule has 6 heteroatoms. The molecule has 2 aliphatic heterocycles. The fourth-order valence-corrected chi connectivity index (χ4v) is 12.5. The van der Waals surface area contributed by atoms with Gasteiger partial charge < -0.3 is 19.1 Å². The van der Waals surface area contributed by atoms with Crippen LogP contribution < -0.4 is 30.4 Å². The lowest BCUT2D eigenvalue weighted by Crippen LogP contribution is -2.60. The van der Waals surface area contributed by atoms with Crippen LogP contribution in [0, 0.1) is 20.8 Å². The summed E-state index contributed by atoms with van der Waals surface area (Å²) in [6.07, 6.45) is 0. The predicted octanol–water partition coefficient (Wildman–Crippen LogP) is 17.2. The highest BCUT2D eigenvalue weighted by Crippen LogP contribution is 2.53. The number of thiophene rings is 1. The Balaban J connectivity index is 1.25. The van der Waals surface area contributed by atoms with Crippen molar-refractivity contribution < 1.29 is 4.42 Å². The van der Waals surface area contributed by atoms with E-state index in [9.17, 15) is 0 Å². The molecule has 4 nitrogen and oxygen atoms in total. The van der Waals surface area contributed by atoms with Crippen LogP contribution in [0.1, 0.15) is 95.7 Å². The molecule has 0 atom stereocenters. The highest BCUT2D eigenvalue weighted by atomic mass is 32.1. The van der Waals surface area contributed by atoms with Crippen LogP contribution in [0.2, 0.25) is 0 Å². The molecule has 10 aromatic rings. The number of aryl methyl sites for hydroxylation is 3. The van der Waals surface area contributed by atoms with Crippen molar-refractivity contribution in [2.45, 2.75) is 99.3 Å². The molecule has 8 aromatic carbocycles. The zero-order chi connectivity index (χ0) is 49.5. The first kappa shape index (κ1) is 45.1. The molecule has 71 heavy (non-hydrogen) atoms. The molecule has 0 bridgehead atoms. The van der Waals surface area contributed by atoms with E-state index in [1.54, 1.807) is 0 Å². The highest BCUT2D eigenvalue weighted by Gasteiger charge is 2.47. The molecule has 0 saturated heterocycles. The summed E-state index contributed by atoms with van der Waals surface area (Å²) in [5.41, 5.74) is 22.2. The van der Waals surface area contributed by atoms with Crippen LogP contribution in [0.15, 0.2) is 162 Å². The van der Waals surface area contributed by atoms with Gasteiger partial charge in [-0.15, -0.1) is 11.3 Å². The Morgan fingerprint density at radius 3 is 1.54 bits per heavy atom. The van der Waals surface area contributed by atoms with E-state index in [1.165, 1.54) is 76.2 Å². The van der Waals surface area contributed by atoms with Gasteiger partial charge in [0, 0.05) is 54.4 Å². The Morgan fingerprint density at radius 2 is 1.00 bits per heavy atom. The monoisotopic (exact) mass is 943 g/mol. The molecule has 2 aliphatic rings. The fourth-order valence-electron chi connectivity index (χ4n) is 11.2. The van der Waals surface area contributed by atoms with Gasteiger partial charge in [-0.25, -0.2) is 0 Å². The average molecular weight is 944 g/mol. The van der Waals surface area contributed by atoms with Gasteiger partial charge in [0.05, 0.1) is 22.4 Å². The van der Waals surface area contributed by atoms with Crippen molar-refractivity contribution in [1.82, 2.24) is 0 Å². The van der Waals surface area contributed by atoms with Crippen LogP contribution in [-0.2, 0) is 16.2 Å². The summed E-state index contributed by atoms with van der Waals surface area (Å²) >= 11 is 1.95. The number of fused-ring (bicyclic) bond motifs is 10. The lowest BCUT2D eigenvalue weighted by atomic mass is 9.36. The minimum Gasteiger partial charge on any atom is -0.454 e. The summed E-state index contributed by atoms with van der Waals surface area (Å²) in [5.74, 6) is 0. The molecule has 0 aliphatic carbocycles. The predicted molar refractivity (Wildman–Crippen MR) is 308 cm³/mol. The van der Waals surface area contributed by atoms with Crippen LogP contribution in [0.4, 0.5) is 51.2 Å². The van der Waals surface area contributed by atoms with Gasteiger partial charge in [-0.2, -0.15) is 0 Å². The molecule has 12 rings (SSSR count). The zero-order valence-electron chi connectivity index (χ0n) is 43.2. The number of benzene rings is 8. The molecule has 2 aromatic heterocycles. The van der Waals surface area contributed by atoms with Gasteiger partial charge in [-0.1, -0.05) is 146 Å². The number of furan rings is 1. The molecule has 0 spiro atoms. The fraction of sp³-hybridized carbons (Fsp3) is 0.231. The average Bonchev–Trinajstić information content (AvgIpc) is 3.91.